The van der Waals surface area contributed by atoms with E-state index in [1.54, 1.807) is 11.0 Å². The lowest BCUT2D eigenvalue weighted by atomic mass is 9.78. The fourth-order valence-corrected chi connectivity index (χ4v) is 3.18. The van der Waals surface area contributed by atoms with Gasteiger partial charge in [0.15, 0.2) is 0 Å². The Morgan fingerprint density at radius 2 is 1.88 bits per heavy atom. The molecule has 1 aromatic carbocycles. The summed E-state index contributed by atoms with van der Waals surface area (Å²) in [6, 6.07) is 4.87. The molecule has 2 aliphatic heterocycles. The van der Waals surface area contributed by atoms with E-state index >= 15 is 0 Å². The molecule has 1 aromatic rings. The highest BCUT2D eigenvalue weighted by Crippen LogP contribution is 2.36. The van der Waals surface area contributed by atoms with Gasteiger partial charge in [-0.05, 0) is 58.8 Å². The molecule has 0 aliphatic carbocycles. The van der Waals surface area contributed by atoms with Gasteiger partial charge in [0.1, 0.15) is 5.82 Å². The van der Waals surface area contributed by atoms with E-state index in [-0.39, 0.29) is 29.9 Å². The van der Waals surface area contributed by atoms with Crippen molar-refractivity contribution in [1.82, 2.24) is 10.2 Å². The number of halogens is 2. The van der Waals surface area contributed by atoms with E-state index in [1.807, 2.05) is 34.7 Å². The fourth-order valence-electron chi connectivity index (χ4n) is 3.18. The molecule has 2 saturated heterocycles. The van der Waals surface area contributed by atoms with Gasteiger partial charge >= 0.3 is 7.12 Å². The molecule has 5 nitrogen and oxygen atoms in total. The summed E-state index contributed by atoms with van der Waals surface area (Å²) in [5, 5.41) is 3.16. The molecule has 0 spiro atoms. The summed E-state index contributed by atoms with van der Waals surface area (Å²) in [7, 11) is 1.24. The lowest BCUT2D eigenvalue weighted by Gasteiger charge is -2.32. The fraction of sp³-hybridized carbons (Fsp3) is 0.611. The number of benzene rings is 1. The molecule has 2 fully saturated rings. The van der Waals surface area contributed by atoms with Crippen LogP contribution in [0.25, 0.3) is 0 Å². The van der Waals surface area contributed by atoms with E-state index in [0.717, 1.165) is 6.42 Å². The van der Waals surface area contributed by atoms with Gasteiger partial charge in [0.05, 0.1) is 16.8 Å². The average molecular weight is 385 g/mol. The zero-order valence-corrected chi connectivity index (χ0v) is 16.8. The molecule has 2 aliphatic rings. The monoisotopic (exact) mass is 384 g/mol. The summed E-state index contributed by atoms with van der Waals surface area (Å²) in [5.41, 5.74) is -0.292. The predicted molar refractivity (Wildman–Crippen MR) is 103 cm³/mol. The van der Waals surface area contributed by atoms with Gasteiger partial charge in [-0.1, -0.05) is 6.07 Å². The maximum absolute atomic E-state index is 14.6. The third kappa shape index (κ3) is 3.76. The van der Waals surface area contributed by atoms with E-state index in [2.05, 4.69) is 5.32 Å². The first-order chi connectivity index (χ1) is 11.6. The van der Waals surface area contributed by atoms with Crippen molar-refractivity contribution in [3.05, 3.63) is 29.6 Å². The van der Waals surface area contributed by atoms with Crippen molar-refractivity contribution in [3.8, 4) is 0 Å². The normalized spacial score (nSPS) is 23.8. The van der Waals surface area contributed by atoms with Gasteiger partial charge in [0.25, 0.3) is 5.91 Å². The van der Waals surface area contributed by atoms with Crippen molar-refractivity contribution in [3.63, 3.8) is 0 Å². The van der Waals surface area contributed by atoms with E-state index in [0.29, 0.717) is 18.6 Å². The SMILES string of the molecule is CN[C@H]1CCN(C(=O)c2ccc(B3OC(C)(C)C(C)(C)O3)cc2F)C1.Cl. The van der Waals surface area contributed by atoms with Crippen LogP contribution in [-0.2, 0) is 9.31 Å². The second kappa shape index (κ2) is 7.47. The zero-order chi connectivity index (χ0) is 18.4. The average Bonchev–Trinajstić information content (AvgIpc) is 3.09. The Balaban J connectivity index is 0.00000243. The number of nitrogens with one attached hydrogen (secondary N) is 1. The molecule has 0 saturated carbocycles. The standard InChI is InChI=1S/C18H26BFN2O3.ClH/c1-17(2)18(3,4)25-19(24-17)12-6-7-14(15(20)10-12)16(23)22-9-8-13(11-22)21-5;/h6-7,10,13,21H,8-9,11H2,1-5H3;1H/t13-;/m0./s1. The molecule has 3 rings (SSSR count). The number of amides is 1. The second-order valence-corrected chi connectivity index (χ2v) is 7.85. The van der Waals surface area contributed by atoms with Gasteiger partial charge < -0.3 is 19.5 Å². The van der Waals surface area contributed by atoms with Crippen LogP contribution >= 0.6 is 12.4 Å². The van der Waals surface area contributed by atoms with Crippen LogP contribution in [0.3, 0.4) is 0 Å². The quantitative estimate of drug-likeness (QED) is 0.810. The molecular formula is C18H27BClFN2O3. The van der Waals surface area contributed by atoms with E-state index in [9.17, 15) is 9.18 Å². The highest BCUT2D eigenvalue weighted by Gasteiger charge is 2.51. The molecule has 1 atom stereocenters. The molecule has 0 aromatic heterocycles. The van der Waals surface area contributed by atoms with Crippen molar-refractivity contribution >= 4 is 30.9 Å². The maximum Gasteiger partial charge on any atom is 0.494 e. The topological polar surface area (TPSA) is 50.8 Å². The number of carbonyl (C=O) groups excluding carboxylic acids is 1. The molecule has 1 amide bonds. The largest absolute Gasteiger partial charge is 0.494 e. The van der Waals surface area contributed by atoms with E-state index in [1.165, 1.54) is 12.1 Å². The first-order valence-electron chi connectivity index (χ1n) is 8.76. The van der Waals surface area contributed by atoms with Crippen molar-refractivity contribution in [1.29, 1.82) is 0 Å². The Morgan fingerprint density at radius 3 is 2.38 bits per heavy atom. The molecule has 1 N–H and O–H groups in total. The van der Waals surface area contributed by atoms with Crippen molar-refractivity contribution in [2.45, 2.75) is 51.4 Å². The molecule has 144 valence electrons. The highest BCUT2D eigenvalue weighted by atomic mass is 35.5. The summed E-state index contributed by atoms with van der Waals surface area (Å²) in [6.45, 7) is 9.05. The Labute approximate surface area is 161 Å². The smallest absolute Gasteiger partial charge is 0.399 e. The van der Waals surface area contributed by atoms with Gasteiger partial charge in [0.2, 0.25) is 0 Å². The van der Waals surface area contributed by atoms with Crippen molar-refractivity contribution < 1.29 is 18.5 Å². The minimum absolute atomic E-state index is 0. The summed E-state index contributed by atoms with van der Waals surface area (Å²) < 4.78 is 26.5. The van der Waals surface area contributed by atoms with Crippen LogP contribution in [0, 0.1) is 5.82 Å². The zero-order valence-electron chi connectivity index (χ0n) is 16.0. The number of carbonyl (C=O) groups is 1. The number of rotatable bonds is 3. The second-order valence-electron chi connectivity index (χ2n) is 7.85. The summed E-state index contributed by atoms with van der Waals surface area (Å²) in [4.78, 5) is 14.3. The third-order valence-corrected chi connectivity index (χ3v) is 5.63. The van der Waals surface area contributed by atoms with E-state index < -0.39 is 24.1 Å². The van der Waals surface area contributed by atoms with Gasteiger partial charge in [-0.2, -0.15) is 0 Å². The third-order valence-electron chi connectivity index (χ3n) is 5.63. The Hall–Kier alpha value is -1.15. The predicted octanol–water partition coefficient (Wildman–Crippen LogP) is 1.98. The molecule has 0 radical (unpaired) electrons. The van der Waals surface area contributed by atoms with Crippen LogP contribution in [0.4, 0.5) is 4.39 Å². The number of likely N-dealkylation sites (N-methyl/N-ethyl adjacent to an activating group) is 1. The van der Waals surface area contributed by atoms with Crippen LogP contribution in [0.2, 0.25) is 0 Å². The summed E-state index contributed by atoms with van der Waals surface area (Å²) in [5.74, 6) is -0.805. The van der Waals surface area contributed by atoms with Gasteiger partial charge in [-0.15, -0.1) is 12.4 Å². The van der Waals surface area contributed by atoms with E-state index in [4.69, 9.17) is 9.31 Å². The Bertz CT molecular complexity index is 670. The maximum atomic E-state index is 14.6. The number of likely N-dealkylation sites (tertiary alicyclic amines) is 1. The van der Waals surface area contributed by atoms with Gasteiger partial charge in [-0.3, -0.25) is 4.79 Å². The minimum Gasteiger partial charge on any atom is -0.399 e. The van der Waals surface area contributed by atoms with Crippen molar-refractivity contribution in [2.75, 3.05) is 20.1 Å². The molecule has 0 bridgehead atoms. The van der Waals surface area contributed by atoms with Gasteiger partial charge in [0, 0.05) is 19.1 Å². The molecule has 2 heterocycles. The lowest BCUT2D eigenvalue weighted by molar-refractivity contribution is 0.00578. The highest BCUT2D eigenvalue weighted by molar-refractivity contribution is 6.62. The molecule has 0 unspecified atom stereocenters. The molecule has 26 heavy (non-hydrogen) atoms. The van der Waals surface area contributed by atoms with Crippen LogP contribution in [0.1, 0.15) is 44.5 Å². The van der Waals surface area contributed by atoms with Gasteiger partial charge in [-0.25, -0.2) is 4.39 Å². The summed E-state index contributed by atoms with van der Waals surface area (Å²) >= 11 is 0. The van der Waals surface area contributed by atoms with Crippen LogP contribution < -0.4 is 10.8 Å². The summed E-state index contributed by atoms with van der Waals surface area (Å²) in [6.07, 6.45) is 0.885. The van der Waals surface area contributed by atoms with Crippen LogP contribution in [-0.4, -0.2) is 55.3 Å². The number of nitrogens with zero attached hydrogens (tertiary/aromatic N) is 1. The van der Waals surface area contributed by atoms with Crippen LogP contribution in [0.15, 0.2) is 18.2 Å². The number of hydrogen-bond acceptors (Lipinski definition) is 4. The first-order valence-corrected chi connectivity index (χ1v) is 8.76. The first kappa shape index (κ1) is 21.2. The molecule has 8 heteroatoms. The molecular weight excluding hydrogens is 357 g/mol. The lowest BCUT2D eigenvalue weighted by Crippen LogP contribution is -2.41. The number of hydrogen-bond donors (Lipinski definition) is 1. The van der Waals surface area contributed by atoms with Crippen molar-refractivity contribution in [2.24, 2.45) is 0 Å². The Kier molecular flexibility index (Phi) is 6.08. The Morgan fingerprint density at radius 1 is 1.27 bits per heavy atom. The minimum atomic E-state index is -0.635. The van der Waals surface area contributed by atoms with Crippen LogP contribution in [0.5, 0.6) is 0 Å².